The van der Waals surface area contributed by atoms with Gasteiger partial charge in [-0.1, -0.05) is 69.9 Å². The summed E-state index contributed by atoms with van der Waals surface area (Å²) >= 11 is 0. The van der Waals surface area contributed by atoms with Gasteiger partial charge >= 0.3 is 0 Å². The van der Waals surface area contributed by atoms with E-state index >= 15 is 0 Å². The standard InChI is InChI=1S/C32H37N7O2.C4H10.C2H6O.C2H4/c1-3-17-39(31(41)20-34-22-40)21-30-37-19-29(38-30)25-14-13-24(27(18-25)26-11-5-4-9-23(26)2)10-6-7-15-36-32(33)28-12-8-16-35-28;1-4(2)3;1-3-2;1-2/h4-5,7,9,11,13-15,18-19,22,28,35H,3,8,12,16-17,20-21H2,1-2H3,(H2,33,36)(H,34,40)(H,37,38);4H,1-3H3;1-2H3;1-2H2/b15-7+;;;. The van der Waals surface area contributed by atoms with Crippen molar-refractivity contribution in [3.63, 3.8) is 0 Å². The van der Waals surface area contributed by atoms with Crippen LogP contribution in [0, 0.1) is 24.7 Å². The Morgan fingerprint density at radius 3 is 2.52 bits per heavy atom. The van der Waals surface area contributed by atoms with Crippen molar-refractivity contribution < 1.29 is 14.3 Å². The van der Waals surface area contributed by atoms with E-state index in [1.54, 1.807) is 37.6 Å². The lowest BCUT2D eigenvalue weighted by Crippen LogP contribution is -2.38. The van der Waals surface area contributed by atoms with Crippen molar-refractivity contribution in [1.82, 2.24) is 25.5 Å². The molecule has 270 valence electrons. The van der Waals surface area contributed by atoms with Crippen LogP contribution in [0.4, 0.5) is 0 Å². The first-order valence-corrected chi connectivity index (χ1v) is 17.0. The molecule has 0 aliphatic carbocycles. The average Bonchev–Trinajstić information content (AvgIpc) is 3.82. The Balaban J connectivity index is 0.00000125. The second-order valence-electron chi connectivity index (χ2n) is 12.1. The number of imidazole rings is 1. The van der Waals surface area contributed by atoms with Crippen molar-refractivity contribution in [1.29, 1.82) is 0 Å². The number of amidine groups is 1. The lowest BCUT2D eigenvalue weighted by Gasteiger charge is -2.20. The number of nitrogens with two attached hydrogens (primary N) is 1. The number of carbonyl (C=O) groups is 2. The van der Waals surface area contributed by atoms with Crippen LogP contribution in [-0.2, 0) is 20.9 Å². The predicted octanol–water partition coefficient (Wildman–Crippen LogP) is 6.24. The molecule has 1 saturated heterocycles. The Hall–Kier alpha value is -4.98. The summed E-state index contributed by atoms with van der Waals surface area (Å²) in [4.78, 5) is 37.0. The molecule has 10 heteroatoms. The summed E-state index contributed by atoms with van der Waals surface area (Å²) in [6, 6.07) is 14.5. The number of hydrogen-bond donors (Lipinski definition) is 4. The molecule has 1 atom stereocenters. The van der Waals surface area contributed by atoms with Crippen molar-refractivity contribution in [3.8, 4) is 34.2 Å². The van der Waals surface area contributed by atoms with E-state index < -0.39 is 0 Å². The molecular weight excluding hydrogens is 626 g/mol. The van der Waals surface area contributed by atoms with Crippen molar-refractivity contribution >= 4 is 18.2 Å². The minimum atomic E-state index is -0.153. The van der Waals surface area contributed by atoms with Gasteiger partial charge in [-0.2, -0.15) is 0 Å². The number of amides is 2. The molecule has 1 aliphatic rings. The zero-order valence-electron chi connectivity index (χ0n) is 31.0. The first kappa shape index (κ1) is 43.0. The van der Waals surface area contributed by atoms with Gasteiger partial charge in [-0.25, -0.2) is 9.98 Å². The van der Waals surface area contributed by atoms with Crippen molar-refractivity contribution in [2.45, 2.75) is 66.5 Å². The third-order valence-corrected chi connectivity index (χ3v) is 6.92. The van der Waals surface area contributed by atoms with Gasteiger partial charge in [-0.3, -0.25) is 9.59 Å². The molecule has 2 aromatic carbocycles. The van der Waals surface area contributed by atoms with Gasteiger partial charge in [0, 0.05) is 44.2 Å². The van der Waals surface area contributed by atoms with E-state index in [0.717, 1.165) is 65.2 Å². The molecule has 0 bridgehead atoms. The highest BCUT2D eigenvalue weighted by atomic mass is 16.4. The molecule has 1 aromatic heterocycles. The number of hydrogen-bond acceptors (Lipinski definition) is 6. The smallest absolute Gasteiger partial charge is 0.242 e. The van der Waals surface area contributed by atoms with Crippen LogP contribution in [-0.4, -0.2) is 72.9 Å². The number of aromatic nitrogens is 2. The maximum absolute atomic E-state index is 12.5. The van der Waals surface area contributed by atoms with Crippen molar-refractivity contribution in [3.05, 3.63) is 91.0 Å². The summed E-state index contributed by atoms with van der Waals surface area (Å²) in [6.45, 7) is 18.4. The Kier molecular flexibility index (Phi) is 21.6. The van der Waals surface area contributed by atoms with Crippen molar-refractivity contribution in [2.24, 2.45) is 16.6 Å². The van der Waals surface area contributed by atoms with Crippen LogP contribution >= 0.6 is 0 Å². The molecule has 0 saturated carbocycles. The van der Waals surface area contributed by atoms with E-state index in [9.17, 15) is 9.59 Å². The number of aromatic amines is 1. The van der Waals surface area contributed by atoms with E-state index in [2.05, 4.69) is 101 Å². The van der Waals surface area contributed by atoms with Crippen LogP contribution in [0.15, 0.2) is 79.1 Å². The molecule has 50 heavy (non-hydrogen) atoms. The van der Waals surface area contributed by atoms with Crippen LogP contribution in [0.3, 0.4) is 0 Å². The van der Waals surface area contributed by atoms with Crippen molar-refractivity contribution in [2.75, 3.05) is 33.9 Å². The lowest BCUT2D eigenvalue weighted by molar-refractivity contribution is -0.132. The molecule has 2 heterocycles. The number of rotatable bonds is 11. The van der Waals surface area contributed by atoms with Gasteiger partial charge in [-0.05, 0) is 67.5 Å². The zero-order valence-corrected chi connectivity index (χ0v) is 31.0. The largest absolute Gasteiger partial charge is 0.388 e. The zero-order chi connectivity index (χ0) is 37.3. The van der Waals surface area contributed by atoms with E-state index in [1.165, 1.54) is 0 Å². The van der Waals surface area contributed by atoms with Crippen LogP contribution in [0.5, 0.6) is 0 Å². The number of aliphatic imine (C=N–C) groups is 1. The molecule has 5 N–H and O–H groups in total. The number of nitrogens with zero attached hydrogens (tertiary/aromatic N) is 3. The summed E-state index contributed by atoms with van der Waals surface area (Å²) in [5.41, 5.74) is 12.0. The quantitative estimate of drug-likeness (QED) is 0.0621. The number of carbonyl (C=O) groups excluding carboxylic acids is 2. The summed E-state index contributed by atoms with van der Waals surface area (Å²) < 4.78 is 4.25. The average molecular weight is 684 g/mol. The number of ether oxygens (including phenoxy) is 1. The van der Waals surface area contributed by atoms with Gasteiger partial charge in [0.25, 0.3) is 0 Å². The maximum Gasteiger partial charge on any atom is 0.242 e. The summed E-state index contributed by atoms with van der Waals surface area (Å²) in [7, 11) is 3.25. The normalized spacial score (nSPS) is 13.4. The molecule has 10 nitrogen and oxygen atoms in total. The lowest BCUT2D eigenvalue weighted by atomic mass is 9.94. The Bertz CT molecular complexity index is 1560. The van der Waals surface area contributed by atoms with Gasteiger partial charge in [0.05, 0.1) is 31.0 Å². The highest BCUT2D eigenvalue weighted by Gasteiger charge is 2.17. The van der Waals surface area contributed by atoms with Gasteiger partial charge in [0.2, 0.25) is 12.3 Å². The van der Waals surface area contributed by atoms with Gasteiger partial charge < -0.3 is 31.0 Å². The van der Waals surface area contributed by atoms with Gasteiger partial charge in [-0.15, -0.1) is 13.2 Å². The molecule has 1 fully saturated rings. The van der Waals surface area contributed by atoms with Crippen LogP contribution in [0.1, 0.15) is 63.9 Å². The van der Waals surface area contributed by atoms with E-state index in [4.69, 9.17) is 5.73 Å². The molecule has 0 spiro atoms. The third kappa shape index (κ3) is 15.5. The number of nitrogens with one attached hydrogen (secondary N) is 3. The van der Waals surface area contributed by atoms with Gasteiger partial charge in [0.15, 0.2) is 0 Å². The fourth-order valence-corrected chi connectivity index (χ4v) is 4.80. The van der Waals surface area contributed by atoms with Crippen LogP contribution in [0.2, 0.25) is 0 Å². The maximum atomic E-state index is 12.5. The monoisotopic (exact) mass is 683 g/mol. The second kappa shape index (κ2) is 25.1. The number of benzene rings is 2. The fraction of sp³-hybridized carbons (Fsp3) is 0.400. The molecule has 0 radical (unpaired) electrons. The molecule has 3 aromatic rings. The molecule has 1 aliphatic heterocycles. The van der Waals surface area contributed by atoms with Gasteiger partial charge in [0.1, 0.15) is 11.7 Å². The first-order valence-electron chi connectivity index (χ1n) is 17.0. The number of aryl methyl sites for hydroxylation is 1. The molecule has 1 unspecified atom stereocenters. The highest BCUT2D eigenvalue weighted by Crippen LogP contribution is 2.31. The summed E-state index contributed by atoms with van der Waals surface area (Å²) in [5, 5.41) is 5.78. The van der Waals surface area contributed by atoms with Crippen LogP contribution in [0.25, 0.3) is 22.4 Å². The Morgan fingerprint density at radius 2 is 1.90 bits per heavy atom. The van der Waals surface area contributed by atoms with Crippen LogP contribution < -0.4 is 16.4 Å². The number of allylic oxidation sites excluding steroid dienone is 1. The predicted molar refractivity (Wildman–Crippen MR) is 207 cm³/mol. The minimum Gasteiger partial charge on any atom is -0.388 e. The topological polar surface area (TPSA) is 138 Å². The first-order chi connectivity index (χ1) is 24.1. The SMILES string of the molecule is C=C.CC(C)C.CCCN(Cc1ncc(-c2ccc(C#C/C=C/N=C(N)C3CCCN3)c(-c3ccccc3C)c2)[nH]1)C(=O)CNC=O.COC. The Labute approximate surface area is 299 Å². The molecule has 2 amide bonds. The second-order valence-corrected chi connectivity index (χ2v) is 12.1. The summed E-state index contributed by atoms with van der Waals surface area (Å²) in [5.74, 6) is 8.31. The minimum absolute atomic E-state index is 0.0357. The number of H-pyrrole nitrogens is 1. The van der Waals surface area contributed by atoms with E-state index in [1.807, 2.05) is 31.2 Å². The van der Waals surface area contributed by atoms with E-state index in [-0.39, 0.29) is 18.5 Å². The number of methoxy groups -OCH3 is 1. The molecular formula is C40H57N7O3. The van der Waals surface area contributed by atoms with E-state index in [0.29, 0.717) is 31.2 Å². The Morgan fingerprint density at radius 1 is 1.20 bits per heavy atom. The third-order valence-electron chi connectivity index (χ3n) is 6.92. The summed E-state index contributed by atoms with van der Waals surface area (Å²) in [6.07, 6.45) is 8.59. The molecule has 4 rings (SSSR count). The highest BCUT2D eigenvalue weighted by molar-refractivity contribution is 5.86. The fourth-order valence-electron chi connectivity index (χ4n) is 4.80.